The molecule has 5 heteroatoms. The topological polar surface area (TPSA) is 48.3 Å². The normalized spacial score (nSPS) is 12.4. The Morgan fingerprint density at radius 3 is 2.14 bits per heavy atom. The molecule has 6 aromatic carbocycles. The van der Waals surface area contributed by atoms with Gasteiger partial charge in [0.15, 0.2) is 16.6 Å². The first kappa shape index (κ1) is 22.3. The van der Waals surface area contributed by atoms with E-state index in [1.165, 1.54) is 0 Å². The zero-order chi connectivity index (χ0) is 27.5. The van der Waals surface area contributed by atoms with Crippen molar-refractivity contribution in [2.45, 2.75) is 0 Å². The van der Waals surface area contributed by atoms with Crippen molar-refractivity contribution in [3.05, 3.63) is 125 Å². The van der Waals surface area contributed by atoms with Gasteiger partial charge < -0.3 is 13.4 Å². The maximum absolute atomic E-state index is 13.5. The van der Waals surface area contributed by atoms with Gasteiger partial charge in [0.05, 0.1) is 16.7 Å². The van der Waals surface area contributed by atoms with Crippen LogP contribution in [0.3, 0.4) is 0 Å². The van der Waals surface area contributed by atoms with E-state index in [-0.39, 0.29) is 5.43 Å². The van der Waals surface area contributed by atoms with Gasteiger partial charge in [0.2, 0.25) is 0 Å². The number of hydrogen-bond donors (Lipinski definition) is 0. The molecule has 196 valence electrons. The molecule has 42 heavy (non-hydrogen) atoms. The monoisotopic (exact) mass is 557 g/mol. The van der Waals surface area contributed by atoms with Gasteiger partial charge in [-0.2, -0.15) is 0 Å². The van der Waals surface area contributed by atoms with Crippen LogP contribution in [0.4, 0.5) is 0 Å². The van der Waals surface area contributed by atoms with Crippen molar-refractivity contribution >= 4 is 97.2 Å². The molecule has 0 aliphatic rings. The summed E-state index contributed by atoms with van der Waals surface area (Å²) in [5, 5.41) is 7.85. The number of rotatable bonds is 1. The van der Waals surface area contributed by atoms with Gasteiger partial charge >= 0.3 is 0 Å². The van der Waals surface area contributed by atoms with Crippen LogP contribution < -0.4 is 5.43 Å². The largest absolute Gasteiger partial charge is 0.454 e. The minimum absolute atomic E-state index is 0.0569. The second kappa shape index (κ2) is 7.87. The van der Waals surface area contributed by atoms with E-state index in [4.69, 9.17) is 8.83 Å². The van der Waals surface area contributed by atoms with Gasteiger partial charge in [0, 0.05) is 52.5 Å². The predicted molar refractivity (Wildman–Crippen MR) is 174 cm³/mol. The summed E-state index contributed by atoms with van der Waals surface area (Å²) < 4.78 is 17.4. The van der Waals surface area contributed by atoms with Gasteiger partial charge in [-0.15, -0.1) is 11.3 Å². The summed E-state index contributed by atoms with van der Waals surface area (Å²) in [5.74, 6) is 0. The van der Waals surface area contributed by atoms with Crippen molar-refractivity contribution in [2.24, 2.45) is 0 Å². The highest BCUT2D eigenvalue weighted by Gasteiger charge is 2.22. The quantitative estimate of drug-likeness (QED) is 0.189. The van der Waals surface area contributed by atoms with Crippen molar-refractivity contribution < 1.29 is 8.83 Å². The summed E-state index contributed by atoms with van der Waals surface area (Å²) in [6, 6.07) is 39.1. The highest BCUT2D eigenvalue weighted by atomic mass is 32.1. The van der Waals surface area contributed by atoms with Crippen LogP contribution >= 0.6 is 11.3 Å². The molecule has 4 aromatic heterocycles. The summed E-state index contributed by atoms with van der Waals surface area (Å²) >= 11 is 1.62. The van der Waals surface area contributed by atoms with Crippen LogP contribution in [0.5, 0.6) is 0 Å². The Bertz CT molecular complexity index is 2830. The Hall–Kier alpha value is -5.39. The van der Waals surface area contributed by atoms with Crippen molar-refractivity contribution in [1.82, 2.24) is 4.57 Å². The van der Waals surface area contributed by atoms with Crippen molar-refractivity contribution in [3.8, 4) is 5.69 Å². The molecule has 4 heterocycles. The zero-order valence-electron chi connectivity index (χ0n) is 22.0. The summed E-state index contributed by atoms with van der Waals surface area (Å²) in [4.78, 5) is 13.5. The molecule has 0 unspecified atom stereocenters. The molecule has 4 nitrogen and oxygen atoms in total. The van der Waals surface area contributed by atoms with Crippen molar-refractivity contribution in [3.63, 3.8) is 0 Å². The van der Waals surface area contributed by atoms with Crippen molar-refractivity contribution in [1.29, 1.82) is 0 Å². The van der Waals surface area contributed by atoms with E-state index < -0.39 is 0 Å². The van der Waals surface area contributed by atoms with Crippen LogP contribution in [0.2, 0.25) is 0 Å². The summed E-state index contributed by atoms with van der Waals surface area (Å²) in [6.07, 6.45) is 0. The molecule has 0 aliphatic carbocycles. The Kier molecular flexibility index (Phi) is 4.18. The highest BCUT2D eigenvalue weighted by molar-refractivity contribution is 7.24. The van der Waals surface area contributed by atoms with E-state index in [2.05, 4.69) is 65.2 Å². The Balaban J connectivity index is 1.36. The first-order valence-corrected chi connectivity index (χ1v) is 14.7. The first-order valence-electron chi connectivity index (χ1n) is 13.9. The van der Waals surface area contributed by atoms with Gasteiger partial charge in [-0.25, -0.2) is 0 Å². The van der Waals surface area contributed by atoms with Crippen molar-refractivity contribution in [2.75, 3.05) is 0 Å². The molecule has 0 aliphatic heterocycles. The third kappa shape index (κ3) is 2.78. The fraction of sp³-hybridized carbons (Fsp3) is 0. The van der Waals surface area contributed by atoms with Gasteiger partial charge in [-0.1, -0.05) is 66.7 Å². The number of nitrogens with zero attached hydrogens (tertiary/aromatic N) is 1. The van der Waals surface area contributed by atoms with Gasteiger partial charge in [0.25, 0.3) is 0 Å². The first-order chi connectivity index (χ1) is 20.7. The second-order valence-electron chi connectivity index (χ2n) is 10.8. The third-order valence-corrected chi connectivity index (χ3v) is 9.73. The molecule has 0 spiro atoms. The second-order valence-corrected chi connectivity index (χ2v) is 11.9. The van der Waals surface area contributed by atoms with E-state index in [0.717, 1.165) is 91.5 Å². The van der Waals surface area contributed by atoms with Crippen LogP contribution in [-0.4, -0.2) is 4.57 Å². The van der Waals surface area contributed by atoms with E-state index in [1.807, 2.05) is 54.6 Å². The number of aromatic nitrogens is 1. The molecule has 0 radical (unpaired) electrons. The number of furan rings is 2. The van der Waals surface area contributed by atoms with Crippen LogP contribution in [0, 0.1) is 0 Å². The average Bonchev–Trinajstić information content (AvgIpc) is 3.69. The molecule has 10 aromatic rings. The minimum atomic E-state index is 0.0569. The van der Waals surface area contributed by atoms with Crippen LogP contribution in [0.25, 0.3) is 91.5 Å². The van der Waals surface area contributed by atoms with E-state index in [1.54, 1.807) is 11.3 Å². The van der Waals surface area contributed by atoms with Crippen LogP contribution in [0.15, 0.2) is 129 Å². The third-order valence-electron chi connectivity index (χ3n) is 8.59. The van der Waals surface area contributed by atoms with Gasteiger partial charge in [-0.05, 0) is 48.5 Å². The molecule has 0 saturated heterocycles. The number of benzene rings is 6. The lowest BCUT2D eigenvalue weighted by Gasteiger charge is -2.08. The Morgan fingerprint density at radius 2 is 1.21 bits per heavy atom. The maximum Gasteiger partial charge on any atom is 0.195 e. The number of fused-ring (bicyclic) bond motifs is 12. The zero-order valence-corrected chi connectivity index (χ0v) is 22.9. The molecule has 0 atom stereocenters. The molecular formula is C37H19NO3S. The van der Waals surface area contributed by atoms with Gasteiger partial charge in [0.1, 0.15) is 11.2 Å². The predicted octanol–water partition coefficient (Wildman–Crippen LogP) is 10.3. The van der Waals surface area contributed by atoms with E-state index in [0.29, 0.717) is 0 Å². The van der Waals surface area contributed by atoms with Gasteiger partial charge in [-0.3, -0.25) is 4.79 Å². The standard InChI is InChI=1S/C37H19NO3S/c39-35-25-10-3-6-15-32(25)42-33-19-31-26(18-27(33)35)23-11-7-13-29(36(23)41-31)38-28-12-4-1-8-20(28)22-16-17-24-21-9-2-5-14-30(21)40-37(24)34(22)38/h1-19H. The summed E-state index contributed by atoms with van der Waals surface area (Å²) in [6.45, 7) is 0. The molecule has 10 rings (SSSR count). The molecule has 0 saturated carbocycles. The molecule has 0 amide bonds. The Morgan fingerprint density at radius 1 is 0.500 bits per heavy atom. The fourth-order valence-electron chi connectivity index (χ4n) is 6.74. The maximum atomic E-state index is 13.5. The highest BCUT2D eigenvalue weighted by Crippen LogP contribution is 2.43. The van der Waals surface area contributed by atoms with Crippen LogP contribution in [-0.2, 0) is 0 Å². The van der Waals surface area contributed by atoms with E-state index in [9.17, 15) is 4.79 Å². The van der Waals surface area contributed by atoms with Crippen LogP contribution in [0.1, 0.15) is 0 Å². The Labute approximate surface area is 241 Å². The fourth-order valence-corrected chi connectivity index (χ4v) is 7.82. The SMILES string of the molecule is O=c1c2ccccc2sc2cc3oc4c(-n5c6ccccc6c6ccc7c8ccccc8oc7c65)cccc4c3cc12. The number of hydrogen-bond acceptors (Lipinski definition) is 4. The molecular weight excluding hydrogens is 538 g/mol. The number of para-hydroxylation sites is 3. The summed E-state index contributed by atoms with van der Waals surface area (Å²) in [5.41, 5.74) is 6.35. The molecule has 0 N–H and O–H groups in total. The minimum Gasteiger partial charge on any atom is -0.454 e. The lowest BCUT2D eigenvalue weighted by molar-refractivity contribution is 0.665. The van der Waals surface area contributed by atoms with E-state index >= 15 is 0 Å². The lowest BCUT2D eigenvalue weighted by Crippen LogP contribution is -2.00. The lowest BCUT2D eigenvalue weighted by atomic mass is 10.1. The summed E-state index contributed by atoms with van der Waals surface area (Å²) in [7, 11) is 0. The molecule has 0 bridgehead atoms. The smallest absolute Gasteiger partial charge is 0.195 e. The molecule has 0 fully saturated rings. The average molecular weight is 558 g/mol.